The van der Waals surface area contributed by atoms with Crippen LogP contribution >= 0.6 is 12.4 Å². The maximum Gasteiger partial charge on any atom is 0.160 e. The lowest BCUT2D eigenvalue weighted by atomic mass is 9.71. The normalized spacial score (nSPS) is 25.9. The molecule has 0 aliphatic heterocycles. The van der Waals surface area contributed by atoms with Gasteiger partial charge in [-0.15, -0.1) is 12.4 Å². The summed E-state index contributed by atoms with van der Waals surface area (Å²) in [6.07, 6.45) is 4.95. The fourth-order valence-electron chi connectivity index (χ4n) is 3.30. The predicted molar refractivity (Wildman–Crippen MR) is 69.0 cm³/mol. The molecule has 2 aliphatic rings. The molecular formula is C13H18ClNO2. The summed E-state index contributed by atoms with van der Waals surface area (Å²) in [6.45, 7) is 0. The van der Waals surface area contributed by atoms with Gasteiger partial charge in [0.25, 0.3) is 0 Å². The predicted octanol–water partition coefficient (Wildman–Crippen LogP) is 2.21. The molecule has 2 aliphatic carbocycles. The molecule has 4 N–H and O–H groups in total. The van der Waals surface area contributed by atoms with Crippen LogP contribution in [0, 0.1) is 0 Å². The zero-order valence-corrected chi connectivity index (χ0v) is 10.5. The standard InChI is InChI=1S/C13H17NO2.ClH/c14-10-5-4-7-6-11(15)13(16)9-3-1-2-8(10)12(7)9;/h6,8,10,15-16H,1-5,14H2;1H. The zero-order chi connectivity index (χ0) is 11.3. The Kier molecular flexibility index (Phi) is 3.23. The van der Waals surface area contributed by atoms with Crippen molar-refractivity contribution in [2.24, 2.45) is 5.73 Å². The van der Waals surface area contributed by atoms with Gasteiger partial charge in [-0.25, -0.2) is 0 Å². The first kappa shape index (κ1) is 12.5. The molecule has 0 saturated carbocycles. The molecule has 1 aromatic rings. The number of aryl methyl sites for hydroxylation is 1. The molecule has 94 valence electrons. The van der Waals surface area contributed by atoms with Crippen molar-refractivity contribution in [2.75, 3.05) is 0 Å². The van der Waals surface area contributed by atoms with Crippen LogP contribution < -0.4 is 5.73 Å². The molecule has 2 unspecified atom stereocenters. The summed E-state index contributed by atoms with van der Waals surface area (Å²) in [7, 11) is 0. The minimum absolute atomic E-state index is 0. The number of phenolic OH excluding ortho intramolecular Hbond substituents is 2. The van der Waals surface area contributed by atoms with E-state index in [2.05, 4.69) is 0 Å². The average molecular weight is 256 g/mol. The third-order valence-electron chi connectivity index (χ3n) is 4.09. The van der Waals surface area contributed by atoms with Crippen molar-refractivity contribution >= 4 is 12.4 Å². The quantitative estimate of drug-likeness (QED) is 0.623. The van der Waals surface area contributed by atoms with Gasteiger partial charge in [0, 0.05) is 11.6 Å². The number of rotatable bonds is 0. The van der Waals surface area contributed by atoms with E-state index >= 15 is 0 Å². The van der Waals surface area contributed by atoms with Crippen LogP contribution in [0.2, 0.25) is 0 Å². The van der Waals surface area contributed by atoms with E-state index in [1.54, 1.807) is 6.07 Å². The van der Waals surface area contributed by atoms with Crippen LogP contribution in [0.15, 0.2) is 6.07 Å². The van der Waals surface area contributed by atoms with Crippen LogP contribution in [0.3, 0.4) is 0 Å². The second kappa shape index (κ2) is 4.39. The van der Waals surface area contributed by atoms with Gasteiger partial charge in [0.15, 0.2) is 11.5 Å². The van der Waals surface area contributed by atoms with Gasteiger partial charge in [-0.2, -0.15) is 0 Å². The summed E-state index contributed by atoms with van der Waals surface area (Å²) in [5, 5.41) is 19.6. The zero-order valence-electron chi connectivity index (χ0n) is 9.65. The van der Waals surface area contributed by atoms with Crippen LogP contribution in [0.4, 0.5) is 0 Å². The summed E-state index contributed by atoms with van der Waals surface area (Å²) < 4.78 is 0. The number of aromatic hydroxyl groups is 2. The maximum atomic E-state index is 9.90. The lowest BCUT2D eigenvalue weighted by Gasteiger charge is -2.36. The molecule has 0 fully saturated rings. The largest absolute Gasteiger partial charge is 0.504 e. The number of hydrogen-bond acceptors (Lipinski definition) is 3. The highest BCUT2D eigenvalue weighted by Crippen LogP contribution is 2.46. The molecular weight excluding hydrogens is 238 g/mol. The lowest BCUT2D eigenvalue weighted by Crippen LogP contribution is -2.35. The Hall–Kier alpha value is -0.930. The van der Waals surface area contributed by atoms with Gasteiger partial charge in [0.2, 0.25) is 0 Å². The third-order valence-corrected chi connectivity index (χ3v) is 4.09. The second-order valence-corrected chi connectivity index (χ2v) is 5.00. The van der Waals surface area contributed by atoms with Crippen molar-refractivity contribution in [1.29, 1.82) is 0 Å². The lowest BCUT2D eigenvalue weighted by molar-refractivity contribution is 0.374. The summed E-state index contributed by atoms with van der Waals surface area (Å²) >= 11 is 0. The summed E-state index contributed by atoms with van der Waals surface area (Å²) in [4.78, 5) is 0. The van der Waals surface area contributed by atoms with Crippen LogP contribution in [0.25, 0.3) is 0 Å². The molecule has 3 rings (SSSR count). The fraction of sp³-hybridized carbons (Fsp3) is 0.538. The van der Waals surface area contributed by atoms with E-state index < -0.39 is 0 Å². The van der Waals surface area contributed by atoms with Crippen molar-refractivity contribution in [1.82, 2.24) is 0 Å². The Labute approximate surface area is 107 Å². The Balaban J connectivity index is 0.00000108. The molecule has 0 amide bonds. The van der Waals surface area contributed by atoms with Gasteiger partial charge in [-0.1, -0.05) is 0 Å². The van der Waals surface area contributed by atoms with Crippen molar-refractivity contribution in [2.45, 2.75) is 44.1 Å². The smallest absolute Gasteiger partial charge is 0.160 e. The number of nitrogens with two attached hydrogens (primary N) is 1. The molecule has 1 aromatic carbocycles. The highest BCUT2D eigenvalue weighted by atomic mass is 35.5. The molecule has 0 heterocycles. The number of phenols is 2. The topological polar surface area (TPSA) is 66.5 Å². The van der Waals surface area contributed by atoms with Crippen molar-refractivity contribution in [3.8, 4) is 11.5 Å². The number of hydrogen-bond donors (Lipinski definition) is 3. The third kappa shape index (κ3) is 1.78. The summed E-state index contributed by atoms with van der Waals surface area (Å²) in [5.41, 5.74) is 9.52. The maximum absolute atomic E-state index is 9.90. The Morgan fingerprint density at radius 3 is 2.71 bits per heavy atom. The number of halogens is 1. The van der Waals surface area contributed by atoms with Gasteiger partial charge in [0.1, 0.15) is 0 Å². The number of benzene rings is 1. The Bertz CT molecular complexity index is 448. The monoisotopic (exact) mass is 255 g/mol. The highest BCUT2D eigenvalue weighted by Gasteiger charge is 2.33. The Morgan fingerprint density at radius 2 is 1.94 bits per heavy atom. The minimum Gasteiger partial charge on any atom is -0.504 e. The van der Waals surface area contributed by atoms with E-state index in [1.165, 1.54) is 11.1 Å². The van der Waals surface area contributed by atoms with Crippen molar-refractivity contribution in [3.63, 3.8) is 0 Å². The first-order valence-corrected chi connectivity index (χ1v) is 6.00. The summed E-state index contributed by atoms with van der Waals surface area (Å²) in [5.74, 6) is 0.501. The highest BCUT2D eigenvalue weighted by molar-refractivity contribution is 5.85. The molecule has 0 saturated heterocycles. The molecule has 17 heavy (non-hydrogen) atoms. The molecule has 0 aromatic heterocycles. The molecule has 4 heteroatoms. The average Bonchev–Trinajstić information content (AvgIpc) is 2.30. The van der Waals surface area contributed by atoms with E-state index in [4.69, 9.17) is 5.73 Å². The van der Waals surface area contributed by atoms with E-state index in [-0.39, 0.29) is 29.9 Å². The van der Waals surface area contributed by atoms with Gasteiger partial charge in [-0.3, -0.25) is 0 Å². The SMILES string of the molecule is Cl.NC1CCc2cc(O)c(O)c3c2C1CCC3. The molecule has 2 atom stereocenters. The van der Waals surface area contributed by atoms with Gasteiger partial charge in [-0.05, 0) is 55.2 Å². The first-order valence-electron chi connectivity index (χ1n) is 6.00. The fourth-order valence-corrected chi connectivity index (χ4v) is 3.30. The second-order valence-electron chi connectivity index (χ2n) is 5.00. The van der Waals surface area contributed by atoms with Crippen molar-refractivity contribution in [3.05, 3.63) is 22.8 Å². The molecule has 0 bridgehead atoms. The molecule has 0 radical (unpaired) electrons. The molecule has 3 nitrogen and oxygen atoms in total. The van der Waals surface area contributed by atoms with E-state index in [0.29, 0.717) is 5.92 Å². The first-order chi connectivity index (χ1) is 7.68. The van der Waals surface area contributed by atoms with Crippen molar-refractivity contribution < 1.29 is 10.2 Å². The van der Waals surface area contributed by atoms with Gasteiger partial charge < -0.3 is 15.9 Å². The van der Waals surface area contributed by atoms with E-state index in [9.17, 15) is 10.2 Å². The Morgan fingerprint density at radius 1 is 1.18 bits per heavy atom. The van der Waals surface area contributed by atoms with Crippen LogP contribution in [0.1, 0.15) is 41.9 Å². The van der Waals surface area contributed by atoms with Gasteiger partial charge in [0.05, 0.1) is 0 Å². The molecule has 0 spiro atoms. The van der Waals surface area contributed by atoms with Gasteiger partial charge >= 0.3 is 0 Å². The summed E-state index contributed by atoms with van der Waals surface area (Å²) in [6, 6.07) is 1.94. The van der Waals surface area contributed by atoms with Crippen LogP contribution in [-0.4, -0.2) is 16.3 Å². The van der Waals surface area contributed by atoms with Crippen LogP contribution in [0.5, 0.6) is 11.5 Å². The van der Waals surface area contributed by atoms with Crippen LogP contribution in [-0.2, 0) is 12.8 Å². The van der Waals surface area contributed by atoms with E-state index in [1.807, 2.05) is 0 Å². The van der Waals surface area contributed by atoms with E-state index in [0.717, 1.165) is 37.7 Å². The minimum atomic E-state index is 0.